The van der Waals surface area contributed by atoms with E-state index >= 15 is 0 Å². The smallest absolute Gasteiger partial charge is 0.118 e. The molecule has 0 saturated carbocycles. The Balaban J connectivity index is 2.61. The second-order valence-corrected chi connectivity index (χ2v) is 5.41. The second kappa shape index (κ2) is 10.2. The maximum atomic E-state index is 10.1. The predicted octanol–water partition coefficient (Wildman–Crippen LogP) is 2.31. The van der Waals surface area contributed by atoms with E-state index in [-0.39, 0.29) is 13.2 Å². The van der Waals surface area contributed by atoms with Gasteiger partial charge in [0.15, 0.2) is 0 Å². The molecule has 0 heterocycles. The number of hydrogen-bond acceptors (Lipinski definition) is 4. The van der Waals surface area contributed by atoms with Crippen LogP contribution in [0.15, 0.2) is 24.3 Å². The Labute approximate surface area is 134 Å². The van der Waals surface area contributed by atoms with Gasteiger partial charge in [-0.05, 0) is 31.0 Å². The molecular formula is C18H27NO3. The normalized spacial score (nSPS) is 13.6. The standard InChI is InChI=1S/C18H27NO3/c1-5-11-22-14-17(20)13-19(15(3)6-2)12-16-7-9-18(21-4)10-8-16/h1,7-10,15,17,20H,6,11-14H2,2-4H3. The zero-order chi connectivity index (χ0) is 16.4. The summed E-state index contributed by atoms with van der Waals surface area (Å²) in [6.07, 6.45) is 5.62. The molecule has 0 aliphatic heterocycles. The van der Waals surface area contributed by atoms with Gasteiger partial charge in [-0.1, -0.05) is 25.0 Å². The minimum absolute atomic E-state index is 0.235. The highest BCUT2D eigenvalue weighted by Gasteiger charge is 2.17. The van der Waals surface area contributed by atoms with Crippen LogP contribution in [0.25, 0.3) is 0 Å². The molecule has 0 bridgehead atoms. The number of aliphatic hydroxyl groups is 1. The Hall–Kier alpha value is -1.54. The molecule has 0 spiro atoms. The molecule has 4 heteroatoms. The van der Waals surface area contributed by atoms with Crippen LogP contribution in [0.2, 0.25) is 0 Å². The highest BCUT2D eigenvalue weighted by atomic mass is 16.5. The molecule has 2 unspecified atom stereocenters. The summed E-state index contributed by atoms with van der Waals surface area (Å²) in [5.41, 5.74) is 1.19. The van der Waals surface area contributed by atoms with Crippen molar-refractivity contribution >= 4 is 0 Å². The van der Waals surface area contributed by atoms with Gasteiger partial charge in [-0.3, -0.25) is 4.90 Å². The predicted molar refractivity (Wildman–Crippen MR) is 88.8 cm³/mol. The van der Waals surface area contributed by atoms with Crippen LogP contribution in [0.1, 0.15) is 25.8 Å². The van der Waals surface area contributed by atoms with Gasteiger partial charge in [0, 0.05) is 19.1 Å². The van der Waals surface area contributed by atoms with E-state index < -0.39 is 6.10 Å². The lowest BCUT2D eigenvalue weighted by Gasteiger charge is -2.30. The molecule has 0 aliphatic carbocycles. The van der Waals surface area contributed by atoms with Crippen LogP contribution in [-0.2, 0) is 11.3 Å². The molecule has 2 atom stereocenters. The van der Waals surface area contributed by atoms with Crippen LogP contribution in [0, 0.1) is 12.3 Å². The SMILES string of the molecule is C#CCOCC(O)CN(Cc1ccc(OC)cc1)C(C)CC. The van der Waals surface area contributed by atoms with E-state index in [1.54, 1.807) is 7.11 Å². The monoisotopic (exact) mass is 305 g/mol. The Morgan fingerprint density at radius 2 is 2.00 bits per heavy atom. The molecule has 0 aliphatic rings. The minimum Gasteiger partial charge on any atom is -0.497 e. The molecule has 1 N–H and O–H groups in total. The summed E-state index contributed by atoms with van der Waals surface area (Å²) >= 11 is 0. The summed E-state index contributed by atoms with van der Waals surface area (Å²) in [5.74, 6) is 3.25. The van der Waals surface area contributed by atoms with Gasteiger partial charge in [-0.2, -0.15) is 0 Å². The van der Waals surface area contributed by atoms with Crippen molar-refractivity contribution in [2.75, 3.05) is 26.9 Å². The number of aliphatic hydroxyl groups excluding tert-OH is 1. The Kier molecular flexibility index (Phi) is 8.61. The van der Waals surface area contributed by atoms with Gasteiger partial charge in [0.1, 0.15) is 12.4 Å². The number of rotatable bonds is 10. The van der Waals surface area contributed by atoms with Crippen LogP contribution in [0.4, 0.5) is 0 Å². The zero-order valence-electron chi connectivity index (χ0n) is 13.8. The van der Waals surface area contributed by atoms with Crippen molar-refractivity contribution < 1.29 is 14.6 Å². The quantitative estimate of drug-likeness (QED) is 0.532. The van der Waals surface area contributed by atoms with E-state index in [0.29, 0.717) is 12.6 Å². The first-order chi connectivity index (χ1) is 10.6. The summed E-state index contributed by atoms with van der Waals surface area (Å²) in [6.45, 7) is 6.15. The van der Waals surface area contributed by atoms with Crippen molar-refractivity contribution in [3.63, 3.8) is 0 Å². The molecule has 1 aromatic rings. The Morgan fingerprint density at radius 3 is 2.55 bits per heavy atom. The second-order valence-electron chi connectivity index (χ2n) is 5.41. The minimum atomic E-state index is -0.541. The van der Waals surface area contributed by atoms with E-state index in [2.05, 4.69) is 36.8 Å². The first-order valence-electron chi connectivity index (χ1n) is 7.66. The maximum absolute atomic E-state index is 10.1. The molecule has 1 rings (SSSR count). The van der Waals surface area contributed by atoms with Gasteiger partial charge in [0.2, 0.25) is 0 Å². The van der Waals surface area contributed by atoms with E-state index in [9.17, 15) is 5.11 Å². The molecule has 0 saturated heterocycles. The molecule has 4 nitrogen and oxygen atoms in total. The fourth-order valence-electron chi connectivity index (χ4n) is 2.20. The first-order valence-corrected chi connectivity index (χ1v) is 7.66. The van der Waals surface area contributed by atoms with Gasteiger partial charge in [-0.15, -0.1) is 6.42 Å². The van der Waals surface area contributed by atoms with Crippen LogP contribution in [0.5, 0.6) is 5.75 Å². The van der Waals surface area contributed by atoms with Crippen molar-refractivity contribution in [2.24, 2.45) is 0 Å². The molecule has 0 radical (unpaired) electrons. The number of nitrogens with zero attached hydrogens (tertiary/aromatic N) is 1. The summed E-state index contributed by atoms with van der Waals surface area (Å²) in [5, 5.41) is 10.1. The van der Waals surface area contributed by atoms with Crippen LogP contribution >= 0.6 is 0 Å². The zero-order valence-corrected chi connectivity index (χ0v) is 13.8. The lowest BCUT2D eigenvalue weighted by atomic mass is 10.1. The van der Waals surface area contributed by atoms with Crippen molar-refractivity contribution in [1.29, 1.82) is 0 Å². The van der Waals surface area contributed by atoms with Gasteiger partial charge in [0.25, 0.3) is 0 Å². The largest absolute Gasteiger partial charge is 0.497 e. The number of ether oxygens (including phenoxy) is 2. The van der Waals surface area contributed by atoms with E-state index in [4.69, 9.17) is 15.9 Å². The van der Waals surface area contributed by atoms with Crippen molar-refractivity contribution in [3.8, 4) is 18.1 Å². The Bertz CT molecular complexity index is 452. The lowest BCUT2D eigenvalue weighted by Crippen LogP contribution is -2.39. The third-order valence-electron chi connectivity index (χ3n) is 3.70. The fraction of sp³-hybridized carbons (Fsp3) is 0.556. The highest BCUT2D eigenvalue weighted by molar-refractivity contribution is 5.27. The average Bonchev–Trinajstić information content (AvgIpc) is 2.54. The topological polar surface area (TPSA) is 41.9 Å². The number of hydrogen-bond donors (Lipinski definition) is 1. The number of methoxy groups -OCH3 is 1. The fourth-order valence-corrected chi connectivity index (χ4v) is 2.20. The third kappa shape index (κ3) is 6.48. The molecule has 0 aromatic heterocycles. The van der Waals surface area contributed by atoms with E-state index in [1.165, 1.54) is 5.56 Å². The average molecular weight is 305 g/mol. The summed E-state index contributed by atoms with van der Waals surface area (Å²) in [7, 11) is 1.66. The van der Waals surface area contributed by atoms with Crippen molar-refractivity contribution in [1.82, 2.24) is 4.90 Å². The third-order valence-corrected chi connectivity index (χ3v) is 3.70. The molecule has 0 fully saturated rings. The number of benzene rings is 1. The summed E-state index contributed by atoms with van der Waals surface area (Å²) in [4.78, 5) is 2.26. The highest BCUT2D eigenvalue weighted by Crippen LogP contribution is 2.15. The van der Waals surface area contributed by atoms with Gasteiger partial charge in [0.05, 0.1) is 19.8 Å². The van der Waals surface area contributed by atoms with Crippen molar-refractivity contribution in [2.45, 2.75) is 39.0 Å². The van der Waals surface area contributed by atoms with E-state index in [1.807, 2.05) is 12.1 Å². The molecule has 1 aromatic carbocycles. The maximum Gasteiger partial charge on any atom is 0.118 e. The van der Waals surface area contributed by atoms with Gasteiger partial charge in [-0.25, -0.2) is 0 Å². The first kappa shape index (κ1) is 18.5. The van der Waals surface area contributed by atoms with Gasteiger partial charge >= 0.3 is 0 Å². The molecule has 122 valence electrons. The number of terminal acetylenes is 1. The molecular weight excluding hydrogens is 278 g/mol. The summed E-state index contributed by atoms with van der Waals surface area (Å²) in [6, 6.07) is 8.39. The lowest BCUT2D eigenvalue weighted by molar-refractivity contribution is 0.0170. The van der Waals surface area contributed by atoms with Crippen molar-refractivity contribution in [3.05, 3.63) is 29.8 Å². The van der Waals surface area contributed by atoms with E-state index in [0.717, 1.165) is 18.7 Å². The summed E-state index contributed by atoms with van der Waals surface area (Å²) < 4.78 is 10.4. The van der Waals surface area contributed by atoms with Crippen LogP contribution in [-0.4, -0.2) is 49.0 Å². The Morgan fingerprint density at radius 1 is 1.32 bits per heavy atom. The molecule has 22 heavy (non-hydrogen) atoms. The van der Waals surface area contributed by atoms with Crippen LogP contribution < -0.4 is 4.74 Å². The molecule has 0 amide bonds. The van der Waals surface area contributed by atoms with Gasteiger partial charge < -0.3 is 14.6 Å². The van der Waals surface area contributed by atoms with Crippen LogP contribution in [0.3, 0.4) is 0 Å².